The Labute approximate surface area is 90.3 Å². The van der Waals surface area contributed by atoms with Crippen LogP contribution in [0.1, 0.15) is 27.7 Å². The van der Waals surface area contributed by atoms with E-state index in [-0.39, 0.29) is 5.78 Å². The van der Waals surface area contributed by atoms with Crippen LogP contribution in [-0.4, -0.2) is 21.6 Å². The van der Waals surface area contributed by atoms with Crippen LogP contribution in [0, 0.1) is 0 Å². The van der Waals surface area contributed by atoms with Crippen molar-refractivity contribution in [1.29, 1.82) is 0 Å². The van der Waals surface area contributed by atoms with Gasteiger partial charge in [-0.1, -0.05) is 11.6 Å². The summed E-state index contributed by atoms with van der Waals surface area (Å²) < 4.78 is 0. The van der Waals surface area contributed by atoms with Crippen LogP contribution in [0.25, 0.3) is 0 Å². The summed E-state index contributed by atoms with van der Waals surface area (Å²) in [6.45, 7) is 7.51. The lowest BCUT2D eigenvalue weighted by Crippen LogP contribution is -2.34. The van der Waals surface area contributed by atoms with Crippen molar-refractivity contribution >= 4 is 5.78 Å². The van der Waals surface area contributed by atoms with Crippen LogP contribution in [0.5, 0.6) is 0 Å². The first-order valence-electron chi connectivity index (χ1n) is 4.91. The first kappa shape index (κ1) is 11.7. The van der Waals surface area contributed by atoms with E-state index in [1.54, 1.807) is 12.2 Å². The van der Waals surface area contributed by atoms with Crippen molar-refractivity contribution in [3.8, 4) is 0 Å². The summed E-state index contributed by atoms with van der Waals surface area (Å²) >= 11 is 0. The molecule has 0 unspecified atom stereocenters. The first-order valence-corrected chi connectivity index (χ1v) is 4.91. The molecule has 0 amide bonds. The molecule has 0 aromatic carbocycles. The molecule has 1 aliphatic carbocycles. The fraction of sp³-hybridized carbons (Fsp3) is 0.417. The van der Waals surface area contributed by atoms with Gasteiger partial charge in [0.25, 0.3) is 0 Å². The molecule has 3 heteroatoms. The van der Waals surface area contributed by atoms with Crippen LogP contribution in [0.15, 0.2) is 35.6 Å². The van der Waals surface area contributed by atoms with Crippen molar-refractivity contribution in [3.63, 3.8) is 0 Å². The maximum atomic E-state index is 11.5. The van der Waals surface area contributed by atoms with Crippen molar-refractivity contribution in [2.24, 2.45) is 0 Å². The third-order valence-corrected chi connectivity index (χ3v) is 2.11. The molecular weight excluding hydrogens is 190 g/mol. The summed E-state index contributed by atoms with van der Waals surface area (Å²) in [7, 11) is 0. The molecule has 0 aromatic rings. The molecule has 0 atom stereocenters. The molecule has 0 aliphatic heterocycles. The lowest BCUT2D eigenvalue weighted by atomic mass is 10.0. The predicted octanol–water partition coefficient (Wildman–Crippen LogP) is 2.45. The van der Waals surface area contributed by atoms with Gasteiger partial charge in [0.05, 0.1) is 5.54 Å². The summed E-state index contributed by atoms with van der Waals surface area (Å²) in [6.07, 6.45) is 6.50. The van der Waals surface area contributed by atoms with Gasteiger partial charge in [0.1, 0.15) is 0 Å². The van der Waals surface area contributed by atoms with Crippen molar-refractivity contribution in [2.75, 3.05) is 0 Å². The maximum Gasteiger partial charge on any atom is 0.187 e. The standard InChI is InChI=1S/C12H17NO2/c1-9-5-6-11(14)10(7-9)8-13(15)12(2,3)4/h5-8,15H,1-4H3/b10-8-. The largest absolute Gasteiger partial charge is 0.289 e. The molecule has 0 heterocycles. The second kappa shape index (κ2) is 4.03. The Bertz CT molecular complexity index is 356. The summed E-state index contributed by atoms with van der Waals surface area (Å²) in [5.74, 6) is -0.0797. The van der Waals surface area contributed by atoms with E-state index in [1.165, 1.54) is 12.3 Å². The van der Waals surface area contributed by atoms with Gasteiger partial charge in [-0.15, -0.1) is 0 Å². The molecule has 15 heavy (non-hydrogen) atoms. The highest BCUT2D eigenvalue weighted by atomic mass is 16.5. The second-order valence-corrected chi connectivity index (χ2v) is 4.69. The Hall–Kier alpha value is -1.35. The van der Waals surface area contributed by atoms with Crippen molar-refractivity contribution < 1.29 is 10.0 Å². The van der Waals surface area contributed by atoms with Crippen molar-refractivity contribution in [3.05, 3.63) is 35.6 Å². The van der Waals surface area contributed by atoms with Crippen LogP contribution in [0.3, 0.4) is 0 Å². The fourth-order valence-corrected chi connectivity index (χ4v) is 1.09. The Morgan fingerprint density at radius 2 is 1.93 bits per heavy atom. The van der Waals surface area contributed by atoms with E-state index < -0.39 is 5.54 Å². The molecule has 3 nitrogen and oxygen atoms in total. The second-order valence-electron chi connectivity index (χ2n) is 4.69. The van der Waals surface area contributed by atoms with Crippen LogP contribution in [-0.2, 0) is 4.79 Å². The van der Waals surface area contributed by atoms with Gasteiger partial charge in [-0.25, -0.2) is 0 Å². The third-order valence-electron chi connectivity index (χ3n) is 2.11. The number of ketones is 1. The quantitative estimate of drug-likeness (QED) is 0.530. The van der Waals surface area contributed by atoms with E-state index in [0.717, 1.165) is 10.6 Å². The molecule has 0 fully saturated rings. The van der Waals surface area contributed by atoms with Gasteiger partial charge in [-0.2, -0.15) is 0 Å². The Kier molecular flexibility index (Phi) is 3.15. The highest BCUT2D eigenvalue weighted by Gasteiger charge is 2.18. The highest BCUT2D eigenvalue weighted by molar-refractivity contribution is 6.07. The van der Waals surface area contributed by atoms with E-state index in [0.29, 0.717) is 5.57 Å². The van der Waals surface area contributed by atoms with E-state index in [9.17, 15) is 10.0 Å². The van der Waals surface area contributed by atoms with Crippen LogP contribution in [0.4, 0.5) is 0 Å². The molecule has 0 saturated carbocycles. The number of hydrogen-bond donors (Lipinski definition) is 1. The van der Waals surface area contributed by atoms with Crippen LogP contribution in [0.2, 0.25) is 0 Å². The topological polar surface area (TPSA) is 40.5 Å². The SMILES string of the molecule is CC1=C/C(=C/N(O)C(C)(C)C)C(=O)C=C1. The van der Waals surface area contributed by atoms with E-state index in [4.69, 9.17) is 0 Å². The number of carbonyl (C=O) groups is 1. The number of allylic oxidation sites excluding steroid dienone is 5. The molecule has 0 spiro atoms. The normalized spacial score (nSPS) is 19.4. The van der Waals surface area contributed by atoms with Gasteiger partial charge < -0.3 is 0 Å². The number of carbonyl (C=O) groups excluding carboxylic acids is 1. The number of hydroxylamine groups is 2. The van der Waals surface area contributed by atoms with Gasteiger partial charge >= 0.3 is 0 Å². The zero-order chi connectivity index (χ0) is 11.6. The van der Waals surface area contributed by atoms with Crippen molar-refractivity contribution in [2.45, 2.75) is 33.2 Å². The Balaban J connectivity index is 2.93. The molecule has 0 bridgehead atoms. The lowest BCUT2D eigenvalue weighted by molar-refractivity contribution is -0.116. The molecule has 0 saturated heterocycles. The Morgan fingerprint density at radius 3 is 2.47 bits per heavy atom. The summed E-state index contributed by atoms with van der Waals surface area (Å²) in [4.78, 5) is 11.5. The highest BCUT2D eigenvalue weighted by Crippen LogP contribution is 2.17. The molecule has 0 aromatic heterocycles. The third kappa shape index (κ3) is 3.06. The van der Waals surface area contributed by atoms with Gasteiger partial charge in [0.15, 0.2) is 5.78 Å². The van der Waals surface area contributed by atoms with E-state index >= 15 is 0 Å². The van der Waals surface area contributed by atoms with E-state index in [1.807, 2.05) is 27.7 Å². The monoisotopic (exact) mass is 207 g/mol. The predicted molar refractivity (Wildman–Crippen MR) is 59.4 cm³/mol. The van der Waals surface area contributed by atoms with E-state index in [2.05, 4.69) is 0 Å². The van der Waals surface area contributed by atoms with Gasteiger partial charge in [0.2, 0.25) is 0 Å². The lowest BCUT2D eigenvalue weighted by Gasteiger charge is -2.28. The van der Waals surface area contributed by atoms with Gasteiger partial charge in [-0.05, 0) is 39.8 Å². The van der Waals surface area contributed by atoms with Gasteiger partial charge in [0, 0.05) is 11.8 Å². The summed E-state index contributed by atoms with van der Waals surface area (Å²) in [5, 5.41) is 10.8. The Morgan fingerprint density at radius 1 is 1.33 bits per heavy atom. The number of nitrogens with zero attached hydrogens (tertiary/aromatic N) is 1. The molecule has 82 valence electrons. The number of rotatable bonds is 1. The minimum atomic E-state index is -0.407. The van der Waals surface area contributed by atoms with Gasteiger partial charge in [-0.3, -0.25) is 15.1 Å². The minimum absolute atomic E-state index is 0.0797. The minimum Gasteiger partial charge on any atom is -0.289 e. The summed E-state index contributed by atoms with van der Waals surface area (Å²) in [5.41, 5.74) is 1.10. The zero-order valence-electron chi connectivity index (χ0n) is 9.61. The molecule has 1 aliphatic rings. The molecule has 1 rings (SSSR count). The molecular formula is C12H17NO2. The molecule has 0 radical (unpaired) electrons. The summed E-state index contributed by atoms with van der Waals surface area (Å²) in [6, 6.07) is 0. The zero-order valence-corrected chi connectivity index (χ0v) is 9.61. The number of hydrogen-bond acceptors (Lipinski definition) is 3. The first-order chi connectivity index (χ1) is 6.80. The van der Waals surface area contributed by atoms with Crippen LogP contribution >= 0.6 is 0 Å². The molecule has 1 N–H and O–H groups in total. The average molecular weight is 207 g/mol. The maximum absolute atomic E-state index is 11.5. The van der Waals surface area contributed by atoms with Crippen LogP contribution < -0.4 is 0 Å². The smallest absolute Gasteiger partial charge is 0.187 e. The fourth-order valence-electron chi connectivity index (χ4n) is 1.09. The average Bonchev–Trinajstić information content (AvgIpc) is 2.09. The van der Waals surface area contributed by atoms with Crippen molar-refractivity contribution in [1.82, 2.24) is 5.06 Å².